The first-order valence-electron chi connectivity index (χ1n) is 9.14. The van der Waals surface area contributed by atoms with Crippen LogP contribution in [-0.2, 0) is 15.0 Å². The maximum absolute atomic E-state index is 13.5. The quantitative estimate of drug-likeness (QED) is 0.911. The van der Waals surface area contributed by atoms with Gasteiger partial charge in [-0.05, 0) is 42.9 Å². The SMILES string of the molecule is COc1cccc(C2(C(=O)N3CCC(C(=O)O)C(C)C3)CCCC2)c1. The Morgan fingerprint density at radius 3 is 2.60 bits per heavy atom. The summed E-state index contributed by atoms with van der Waals surface area (Å²) in [5.41, 5.74) is 0.548. The predicted molar refractivity (Wildman–Crippen MR) is 94.6 cm³/mol. The Morgan fingerprint density at radius 1 is 1.28 bits per heavy atom. The first-order chi connectivity index (χ1) is 12.0. The van der Waals surface area contributed by atoms with E-state index in [-0.39, 0.29) is 17.7 Å². The average Bonchev–Trinajstić information content (AvgIpc) is 3.11. The van der Waals surface area contributed by atoms with Crippen molar-refractivity contribution in [1.29, 1.82) is 0 Å². The monoisotopic (exact) mass is 345 g/mol. The predicted octanol–water partition coefficient (Wildman–Crippen LogP) is 3.08. The zero-order valence-electron chi connectivity index (χ0n) is 15.0. The van der Waals surface area contributed by atoms with Gasteiger partial charge in [0.25, 0.3) is 0 Å². The highest BCUT2D eigenvalue weighted by Gasteiger charge is 2.46. The van der Waals surface area contributed by atoms with Crippen molar-refractivity contribution in [3.05, 3.63) is 29.8 Å². The van der Waals surface area contributed by atoms with Crippen LogP contribution in [0.1, 0.15) is 44.6 Å². The van der Waals surface area contributed by atoms with E-state index in [4.69, 9.17) is 4.74 Å². The number of piperidine rings is 1. The normalized spacial score (nSPS) is 25.6. The molecule has 2 fully saturated rings. The molecule has 1 aliphatic heterocycles. The molecule has 1 saturated heterocycles. The molecule has 1 aromatic rings. The second kappa shape index (κ2) is 7.06. The van der Waals surface area contributed by atoms with Gasteiger partial charge >= 0.3 is 5.97 Å². The van der Waals surface area contributed by atoms with E-state index in [1.807, 2.05) is 36.1 Å². The van der Waals surface area contributed by atoms with Crippen LogP contribution in [0.4, 0.5) is 0 Å². The molecule has 136 valence electrons. The van der Waals surface area contributed by atoms with Crippen LogP contribution in [0.25, 0.3) is 0 Å². The fraction of sp³-hybridized carbons (Fsp3) is 0.600. The lowest BCUT2D eigenvalue weighted by Gasteiger charge is -2.40. The summed E-state index contributed by atoms with van der Waals surface area (Å²) >= 11 is 0. The molecule has 5 nitrogen and oxygen atoms in total. The Balaban J connectivity index is 1.86. The van der Waals surface area contributed by atoms with E-state index < -0.39 is 11.4 Å². The first kappa shape index (κ1) is 17.8. The second-order valence-corrected chi connectivity index (χ2v) is 7.48. The Labute approximate surface area is 149 Å². The highest BCUT2D eigenvalue weighted by atomic mass is 16.5. The lowest BCUT2D eigenvalue weighted by molar-refractivity contribution is -0.150. The summed E-state index contributed by atoms with van der Waals surface area (Å²) in [5.74, 6) is -0.175. The number of ether oxygens (including phenoxy) is 1. The molecule has 2 atom stereocenters. The van der Waals surface area contributed by atoms with Crippen molar-refractivity contribution in [3.8, 4) is 5.75 Å². The fourth-order valence-electron chi connectivity index (χ4n) is 4.52. The van der Waals surface area contributed by atoms with Crippen LogP contribution < -0.4 is 4.74 Å². The van der Waals surface area contributed by atoms with Crippen LogP contribution in [0.2, 0.25) is 0 Å². The molecule has 25 heavy (non-hydrogen) atoms. The van der Waals surface area contributed by atoms with Gasteiger partial charge in [0.2, 0.25) is 5.91 Å². The molecule has 0 radical (unpaired) electrons. The van der Waals surface area contributed by atoms with Gasteiger partial charge in [-0.2, -0.15) is 0 Å². The number of hydrogen-bond donors (Lipinski definition) is 1. The van der Waals surface area contributed by atoms with Crippen molar-refractivity contribution in [2.45, 2.75) is 44.4 Å². The van der Waals surface area contributed by atoms with Gasteiger partial charge in [-0.3, -0.25) is 9.59 Å². The third kappa shape index (κ3) is 3.24. The highest BCUT2D eigenvalue weighted by Crippen LogP contribution is 2.44. The van der Waals surface area contributed by atoms with Gasteiger partial charge in [0.15, 0.2) is 0 Å². The standard InChI is InChI=1S/C20H27NO4/c1-14-13-21(11-8-17(14)18(22)23)19(24)20(9-3-4-10-20)15-6-5-7-16(12-15)25-2/h5-7,12,14,17H,3-4,8-11,13H2,1-2H3,(H,22,23). The summed E-state index contributed by atoms with van der Waals surface area (Å²) in [6.07, 6.45) is 4.34. The Morgan fingerprint density at radius 2 is 2.00 bits per heavy atom. The molecule has 1 aromatic carbocycles. The van der Waals surface area contributed by atoms with Crippen LogP contribution in [0, 0.1) is 11.8 Å². The maximum atomic E-state index is 13.5. The summed E-state index contributed by atoms with van der Waals surface area (Å²) in [6.45, 7) is 3.00. The van der Waals surface area contributed by atoms with Crippen molar-refractivity contribution in [1.82, 2.24) is 4.90 Å². The number of benzene rings is 1. The molecule has 0 bridgehead atoms. The number of carbonyl (C=O) groups excluding carboxylic acids is 1. The summed E-state index contributed by atoms with van der Waals surface area (Å²) in [6, 6.07) is 7.85. The van der Waals surface area contributed by atoms with Gasteiger partial charge in [-0.15, -0.1) is 0 Å². The number of nitrogens with zero attached hydrogens (tertiary/aromatic N) is 1. The number of rotatable bonds is 4. The summed E-state index contributed by atoms with van der Waals surface area (Å²) in [7, 11) is 1.64. The number of likely N-dealkylation sites (tertiary alicyclic amines) is 1. The molecule has 1 heterocycles. The molecule has 1 amide bonds. The molecular formula is C20H27NO4. The van der Waals surface area contributed by atoms with Crippen molar-refractivity contribution in [2.75, 3.05) is 20.2 Å². The van der Waals surface area contributed by atoms with Crippen molar-refractivity contribution < 1.29 is 19.4 Å². The number of aliphatic carboxylic acids is 1. The summed E-state index contributed by atoms with van der Waals surface area (Å²) in [4.78, 5) is 26.7. The topological polar surface area (TPSA) is 66.8 Å². The minimum absolute atomic E-state index is 0.0148. The number of amides is 1. The lowest BCUT2D eigenvalue weighted by atomic mass is 9.76. The summed E-state index contributed by atoms with van der Waals surface area (Å²) < 4.78 is 5.35. The largest absolute Gasteiger partial charge is 0.497 e. The molecule has 2 aliphatic rings. The molecular weight excluding hydrogens is 318 g/mol. The number of carbonyl (C=O) groups is 2. The molecule has 1 saturated carbocycles. The number of hydrogen-bond acceptors (Lipinski definition) is 3. The molecule has 1 N–H and O–H groups in total. The van der Waals surface area contributed by atoms with E-state index in [1.54, 1.807) is 7.11 Å². The van der Waals surface area contributed by atoms with E-state index >= 15 is 0 Å². The van der Waals surface area contributed by atoms with E-state index in [2.05, 4.69) is 0 Å². The van der Waals surface area contributed by atoms with Crippen molar-refractivity contribution in [2.24, 2.45) is 11.8 Å². The maximum Gasteiger partial charge on any atom is 0.306 e. The average molecular weight is 345 g/mol. The van der Waals surface area contributed by atoms with Crippen LogP contribution in [-0.4, -0.2) is 42.1 Å². The number of carboxylic acid groups (broad SMARTS) is 1. The molecule has 5 heteroatoms. The fourth-order valence-corrected chi connectivity index (χ4v) is 4.52. The van der Waals surface area contributed by atoms with Crippen LogP contribution in [0.3, 0.4) is 0 Å². The van der Waals surface area contributed by atoms with Crippen LogP contribution >= 0.6 is 0 Å². The van der Waals surface area contributed by atoms with Gasteiger partial charge in [0, 0.05) is 13.1 Å². The highest BCUT2D eigenvalue weighted by molar-refractivity contribution is 5.89. The van der Waals surface area contributed by atoms with E-state index in [1.165, 1.54) is 0 Å². The Hall–Kier alpha value is -2.04. The minimum Gasteiger partial charge on any atom is -0.497 e. The smallest absolute Gasteiger partial charge is 0.306 e. The van der Waals surface area contributed by atoms with Crippen molar-refractivity contribution >= 4 is 11.9 Å². The van der Waals surface area contributed by atoms with Gasteiger partial charge < -0.3 is 14.7 Å². The molecule has 0 aromatic heterocycles. The summed E-state index contributed by atoms with van der Waals surface area (Å²) in [5, 5.41) is 9.31. The Bertz CT molecular complexity index is 651. The van der Waals surface area contributed by atoms with E-state index in [0.29, 0.717) is 19.5 Å². The zero-order chi connectivity index (χ0) is 18.0. The Kier molecular flexibility index (Phi) is 5.02. The zero-order valence-corrected chi connectivity index (χ0v) is 15.0. The van der Waals surface area contributed by atoms with Crippen LogP contribution in [0.5, 0.6) is 5.75 Å². The number of carboxylic acids is 1. The van der Waals surface area contributed by atoms with Gasteiger partial charge in [0.1, 0.15) is 5.75 Å². The number of methoxy groups -OCH3 is 1. The van der Waals surface area contributed by atoms with Crippen LogP contribution in [0.15, 0.2) is 24.3 Å². The van der Waals surface area contributed by atoms with E-state index in [9.17, 15) is 14.7 Å². The third-order valence-corrected chi connectivity index (χ3v) is 6.00. The van der Waals surface area contributed by atoms with Gasteiger partial charge in [-0.25, -0.2) is 0 Å². The third-order valence-electron chi connectivity index (χ3n) is 6.00. The molecule has 2 unspecified atom stereocenters. The van der Waals surface area contributed by atoms with E-state index in [0.717, 1.165) is 37.0 Å². The molecule has 3 rings (SSSR count). The molecule has 1 aliphatic carbocycles. The van der Waals surface area contributed by atoms with Gasteiger partial charge in [-0.1, -0.05) is 31.9 Å². The molecule has 0 spiro atoms. The first-order valence-corrected chi connectivity index (χ1v) is 9.14. The van der Waals surface area contributed by atoms with Crippen molar-refractivity contribution in [3.63, 3.8) is 0 Å². The second-order valence-electron chi connectivity index (χ2n) is 7.48. The minimum atomic E-state index is -0.747. The lowest BCUT2D eigenvalue weighted by Crippen LogP contribution is -2.51. The van der Waals surface area contributed by atoms with Gasteiger partial charge in [0.05, 0.1) is 18.4 Å².